The van der Waals surface area contributed by atoms with Gasteiger partial charge in [-0.25, -0.2) is 9.37 Å². The average Bonchev–Trinajstić information content (AvgIpc) is 3.14. The minimum absolute atomic E-state index is 0.0412. The number of nitrogens with zero attached hydrogens (tertiary/aromatic N) is 4. The van der Waals surface area contributed by atoms with Crippen molar-refractivity contribution in [3.63, 3.8) is 0 Å². The summed E-state index contributed by atoms with van der Waals surface area (Å²) in [5, 5.41) is 3.81. The molecule has 0 radical (unpaired) electrons. The van der Waals surface area contributed by atoms with Crippen LogP contribution in [0.5, 0.6) is 0 Å². The highest BCUT2D eigenvalue weighted by molar-refractivity contribution is 9.10. The highest BCUT2D eigenvalue weighted by Gasteiger charge is 2.23. The first-order valence-electron chi connectivity index (χ1n) is 8.65. The summed E-state index contributed by atoms with van der Waals surface area (Å²) in [5.74, 6) is 0.119. The van der Waals surface area contributed by atoms with E-state index in [-0.39, 0.29) is 17.4 Å². The molecule has 138 valence electrons. The van der Waals surface area contributed by atoms with E-state index in [0.717, 1.165) is 12.1 Å². The lowest BCUT2D eigenvalue weighted by molar-refractivity contribution is -0.118. The molecule has 3 aromatic rings. The first-order chi connectivity index (χ1) is 13.1. The van der Waals surface area contributed by atoms with Crippen molar-refractivity contribution in [2.75, 3.05) is 11.4 Å². The molecule has 1 amide bonds. The van der Waals surface area contributed by atoms with Crippen molar-refractivity contribution in [3.05, 3.63) is 58.3 Å². The molecule has 0 N–H and O–H groups in total. The van der Waals surface area contributed by atoms with Crippen LogP contribution in [0.15, 0.2) is 45.5 Å². The number of carbonyl (C=O) groups excluding carboxylic acids is 1. The number of aromatic nitrogens is 3. The third-order valence-corrected chi connectivity index (χ3v) is 4.90. The van der Waals surface area contributed by atoms with Gasteiger partial charge in [0.05, 0.1) is 0 Å². The van der Waals surface area contributed by atoms with Crippen LogP contribution in [-0.4, -0.2) is 27.6 Å². The zero-order chi connectivity index (χ0) is 18.8. The third-order valence-electron chi connectivity index (χ3n) is 4.46. The van der Waals surface area contributed by atoms with Crippen LogP contribution in [-0.2, 0) is 17.6 Å². The summed E-state index contributed by atoms with van der Waals surface area (Å²) in [6, 6.07) is 10.8. The summed E-state index contributed by atoms with van der Waals surface area (Å²) in [4.78, 5) is 22.4. The van der Waals surface area contributed by atoms with Crippen molar-refractivity contribution in [2.24, 2.45) is 0 Å². The van der Waals surface area contributed by atoms with E-state index in [0.29, 0.717) is 36.3 Å². The molecule has 1 aliphatic heterocycles. The highest BCUT2D eigenvalue weighted by atomic mass is 79.9. The van der Waals surface area contributed by atoms with E-state index >= 15 is 0 Å². The van der Waals surface area contributed by atoms with E-state index in [1.165, 1.54) is 17.7 Å². The Labute approximate surface area is 163 Å². The molecule has 2 aromatic heterocycles. The zero-order valence-corrected chi connectivity index (χ0v) is 15.9. The summed E-state index contributed by atoms with van der Waals surface area (Å²) in [7, 11) is 0. The van der Waals surface area contributed by atoms with Crippen LogP contribution in [0.3, 0.4) is 0 Å². The molecule has 0 fully saturated rings. The van der Waals surface area contributed by atoms with Gasteiger partial charge in [0, 0.05) is 25.1 Å². The van der Waals surface area contributed by atoms with E-state index < -0.39 is 5.82 Å². The summed E-state index contributed by atoms with van der Waals surface area (Å²) in [6.45, 7) is 0.567. The maximum atomic E-state index is 13.9. The standard InChI is InChI=1S/C19H16BrFN4O2/c20-15-9-8-13(21)18(22-15)19-23-16(27-24-19)6-3-11-25-14-5-2-1-4-12(14)7-10-17(25)26/h1-2,4-5,8-9H,3,6-7,10-11H2. The number of hydrogen-bond acceptors (Lipinski definition) is 5. The van der Waals surface area contributed by atoms with Crippen molar-refractivity contribution in [1.29, 1.82) is 0 Å². The number of rotatable bonds is 5. The summed E-state index contributed by atoms with van der Waals surface area (Å²) < 4.78 is 19.6. The first-order valence-corrected chi connectivity index (χ1v) is 9.44. The predicted octanol–water partition coefficient (Wildman–Crippen LogP) is 3.95. The first kappa shape index (κ1) is 17.8. The van der Waals surface area contributed by atoms with Gasteiger partial charge in [-0.2, -0.15) is 4.98 Å². The molecule has 8 heteroatoms. The molecule has 0 aliphatic carbocycles. The Balaban J connectivity index is 1.43. The number of hydrogen-bond donors (Lipinski definition) is 0. The van der Waals surface area contributed by atoms with E-state index in [1.54, 1.807) is 0 Å². The molecule has 0 saturated carbocycles. The largest absolute Gasteiger partial charge is 0.339 e. The van der Waals surface area contributed by atoms with Crippen LogP contribution in [0.1, 0.15) is 24.3 Å². The van der Waals surface area contributed by atoms with Gasteiger partial charge in [-0.15, -0.1) is 0 Å². The number of pyridine rings is 1. The molecule has 1 aliphatic rings. The number of fused-ring (bicyclic) bond motifs is 1. The number of halogens is 2. The minimum atomic E-state index is -0.513. The fourth-order valence-electron chi connectivity index (χ4n) is 3.16. The van der Waals surface area contributed by atoms with Crippen molar-refractivity contribution in [3.8, 4) is 11.5 Å². The lowest BCUT2D eigenvalue weighted by Crippen LogP contribution is -2.36. The average molecular weight is 431 g/mol. The number of amides is 1. The van der Waals surface area contributed by atoms with Gasteiger partial charge >= 0.3 is 0 Å². The molecule has 0 atom stereocenters. The van der Waals surface area contributed by atoms with Gasteiger partial charge < -0.3 is 9.42 Å². The number of benzene rings is 1. The van der Waals surface area contributed by atoms with Crippen molar-refractivity contribution in [1.82, 2.24) is 15.1 Å². The molecular weight excluding hydrogens is 415 g/mol. The van der Waals surface area contributed by atoms with Crippen LogP contribution in [0.2, 0.25) is 0 Å². The third kappa shape index (κ3) is 3.75. The molecule has 0 spiro atoms. The summed E-state index contributed by atoms with van der Waals surface area (Å²) in [6.07, 6.45) is 2.46. The smallest absolute Gasteiger partial charge is 0.227 e. The van der Waals surface area contributed by atoms with Gasteiger partial charge in [-0.1, -0.05) is 23.4 Å². The predicted molar refractivity (Wildman–Crippen MR) is 101 cm³/mol. The second-order valence-corrected chi connectivity index (χ2v) is 7.07. The van der Waals surface area contributed by atoms with Gasteiger partial charge in [-0.3, -0.25) is 4.79 Å². The normalized spacial score (nSPS) is 13.7. The fraction of sp³-hybridized carbons (Fsp3) is 0.263. The molecule has 0 saturated heterocycles. The van der Waals surface area contributed by atoms with Crippen molar-refractivity contribution >= 4 is 27.5 Å². The number of anilines is 1. The van der Waals surface area contributed by atoms with Crippen LogP contribution < -0.4 is 4.90 Å². The zero-order valence-electron chi connectivity index (χ0n) is 14.4. The van der Waals surface area contributed by atoms with Crippen LogP contribution in [0, 0.1) is 5.82 Å². The lowest BCUT2D eigenvalue weighted by Gasteiger charge is -2.29. The Morgan fingerprint density at radius 1 is 1.15 bits per heavy atom. The maximum Gasteiger partial charge on any atom is 0.227 e. The number of para-hydroxylation sites is 1. The van der Waals surface area contributed by atoms with Gasteiger partial charge in [0.15, 0.2) is 5.82 Å². The molecular formula is C19H16BrFN4O2. The van der Waals surface area contributed by atoms with Gasteiger partial charge in [0.25, 0.3) is 0 Å². The fourth-order valence-corrected chi connectivity index (χ4v) is 3.47. The second-order valence-electron chi connectivity index (χ2n) is 6.25. The Kier molecular flexibility index (Phi) is 4.98. The summed E-state index contributed by atoms with van der Waals surface area (Å²) in [5.41, 5.74) is 2.20. The van der Waals surface area contributed by atoms with Gasteiger partial charge in [0.2, 0.25) is 17.6 Å². The summed E-state index contributed by atoms with van der Waals surface area (Å²) >= 11 is 3.20. The lowest BCUT2D eigenvalue weighted by atomic mass is 10.0. The molecule has 3 heterocycles. The molecule has 27 heavy (non-hydrogen) atoms. The Hall–Kier alpha value is -2.61. The van der Waals surface area contributed by atoms with Crippen molar-refractivity contribution in [2.45, 2.75) is 25.7 Å². The quantitative estimate of drug-likeness (QED) is 0.573. The van der Waals surface area contributed by atoms with E-state index in [2.05, 4.69) is 37.1 Å². The Morgan fingerprint density at radius 3 is 2.89 bits per heavy atom. The van der Waals surface area contributed by atoms with Crippen molar-refractivity contribution < 1.29 is 13.7 Å². The van der Waals surface area contributed by atoms with Crippen LogP contribution in [0.25, 0.3) is 11.5 Å². The van der Waals surface area contributed by atoms with Crippen LogP contribution >= 0.6 is 15.9 Å². The SMILES string of the molecule is O=C1CCc2ccccc2N1CCCc1nc(-c2nc(Br)ccc2F)no1. The molecule has 1 aromatic carbocycles. The molecule has 0 unspecified atom stereocenters. The van der Waals surface area contributed by atoms with E-state index in [9.17, 15) is 9.18 Å². The molecule has 4 rings (SSSR count). The molecule has 0 bridgehead atoms. The monoisotopic (exact) mass is 430 g/mol. The highest BCUT2D eigenvalue weighted by Crippen LogP contribution is 2.27. The van der Waals surface area contributed by atoms with Gasteiger partial charge in [-0.05, 0) is 52.5 Å². The maximum absolute atomic E-state index is 13.9. The van der Waals surface area contributed by atoms with Crippen LogP contribution in [0.4, 0.5) is 10.1 Å². The minimum Gasteiger partial charge on any atom is -0.339 e. The van der Waals surface area contributed by atoms with E-state index in [1.807, 2.05) is 23.1 Å². The Morgan fingerprint density at radius 2 is 2.00 bits per heavy atom. The molecule has 6 nitrogen and oxygen atoms in total. The van der Waals surface area contributed by atoms with Gasteiger partial charge in [0.1, 0.15) is 10.3 Å². The second kappa shape index (κ2) is 7.56. The number of aryl methyl sites for hydroxylation is 2. The Bertz CT molecular complexity index is 991. The topological polar surface area (TPSA) is 72.1 Å². The number of carbonyl (C=O) groups is 1. The van der Waals surface area contributed by atoms with E-state index in [4.69, 9.17) is 4.52 Å².